The molecule has 216 valence electrons. The normalized spacial score (nSPS) is 17.4. The average Bonchev–Trinajstić information content (AvgIpc) is 3.87. The molecule has 0 spiro atoms. The molecule has 0 amide bonds. The summed E-state index contributed by atoms with van der Waals surface area (Å²) >= 11 is 0. The van der Waals surface area contributed by atoms with Crippen LogP contribution in [0, 0.1) is 0 Å². The molecule has 0 fully saturated rings. The fourth-order valence-corrected chi connectivity index (χ4v) is 14.1. The van der Waals surface area contributed by atoms with E-state index in [-0.39, 0.29) is 11.1 Å². The molecular weight excluding hydrogens is 561 g/mol. The van der Waals surface area contributed by atoms with E-state index >= 15 is 0 Å². The van der Waals surface area contributed by atoms with Crippen LogP contribution < -0.4 is 10.4 Å². The molecule has 0 aliphatic heterocycles. The van der Waals surface area contributed by atoms with Gasteiger partial charge in [0.05, 0.1) is 6.26 Å². The second-order valence-electron chi connectivity index (χ2n) is 12.1. The number of fused-ring (bicyclic) bond motifs is 1. The zero-order valence-corrected chi connectivity index (χ0v) is 26.3. The predicted octanol–water partition coefficient (Wildman–Crippen LogP) is 9.80. The van der Waals surface area contributed by atoms with Crippen molar-refractivity contribution in [3.63, 3.8) is 0 Å². The Labute approximate surface area is 266 Å². The van der Waals surface area contributed by atoms with Gasteiger partial charge in [-0.2, -0.15) is 0 Å². The van der Waals surface area contributed by atoms with Crippen LogP contribution in [0.25, 0.3) is 28.3 Å². The first kappa shape index (κ1) is 27.4. The lowest BCUT2D eigenvalue weighted by molar-refractivity contribution is 0.551. The van der Waals surface area contributed by atoms with E-state index in [2.05, 4.69) is 171 Å². The largest absolute Gasteiger partial charge is 0.465 e. The highest BCUT2D eigenvalue weighted by atomic mass is 28.3. The van der Waals surface area contributed by atoms with Crippen LogP contribution in [-0.4, -0.2) is 8.07 Å². The molecule has 1 nitrogen and oxygen atoms in total. The molecule has 5 aromatic carbocycles. The van der Waals surface area contributed by atoms with Gasteiger partial charge in [0, 0.05) is 16.7 Å². The Bertz CT molecular complexity index is 2000. The first-order chi connectivity index (χ1) is 22.2. The van der Waals surface area contributed by atoms with E-state index in [1.165, 1.54) is 54.9 Å². The van der Waals surface area contributed by atoms with Crippen molar-refractivity contribution in [3.8, 4) is 11.1 Å². The monoisotopic (exact) mass is 594 g/mol. The Morgan fingerprint density at radius 1 is 0.556 bits per heavy atom. The SMILES string of the molecule is CC1=CC(c2ccccc2)=CC1[Si](c1ccccc1)(c1ccccc1)C1C(c2ccco2)=Cc2c(-c3ccccc3)cccc21. The molecule has 0 N–H and O–H groups in total. The van der Waals surface area contributed by atoms with Gasteiger partial charge >= 0.3 is 0 Å². The summed E-state index contributed by atoms with van der Waals surface area (Å²) in [5.74, 6) is 0.950. The fraction of sp³-hybridized carbons (Fsp3) is 0.0698. The van der Waals surface area contributed by atoms with Crippen molar-refractivity contribution >= 4 is 35.7 Å². The van der Waals surface area contributed by atoms with Crippen LogP contribution in [0.4, 0.5) is 0 Å². The van der Waals surface area contributed by atoms with Crippen molar-refractivity contribution in [2.45, 2.75) is 18.0 Å². The summed E-state index contributed by atoms with van der Waals surface area (Å²) in [4.78, 5) is 0. The molecule has 2 unspecified atom stereocenters. The summed E-state index contributed by atoms with van der Waals surface area (Å²) in [7, 11) is -2.79. The number of hydrogen-bond acceptors (Lipinski definition) is 1. The highest BCUT2D eigenvalue weighted by Gasteiger charge is 2.55. The second-order valence-corrected chi connectivity index (χ2v) is 16.2. The Morgan fingerprint density at radius 2 is 1.16 bits per heavy atom. The molecule has 0 saturated heterocycles. The molecule has 0 radical (unpaired) electrons. The minimum absolute atomic E-state index is 0.117. The van der Waals surface area contributed by atoms with Crippen molar-refractivity contribution in [2.75, 3.05) is 0 Å². The van der Waals surface area contributed by atoms with E-state index in [9.17, 15) is 0 Å². The molecule has 2 heteroatoms. The van der Waals surface area contributed by atoms with Gasteiger partial charge < -0.3 is 4.42 Å². The van der Waals surface area contributed by atoms with Gasteiger partial charge in [0.1, 0.15) is 13.8 Å². The lowest BCUT2D eigenvalue weighted by Crippen LogP contribution is -2.65. The number of allylic oxidation sites excluding steroid dienone is 5. The highest BCUT2D eigenvalue weighted by Crippen LogP contribution is 2.55. The Balaban J connectivity index is 1.47. The summed E-state index contributed by atoms with van der Waals surface area (Å²) in [6.07, 6.45) is 9.26. The number of rotatable bonds is 7. The van der Waals surface area contributed by atoms with Crippen LogP contribution in [0.1, 0.15) is 34.9 Å². The summed E-state index contributed by atoms with van der Waals surface area (Å²) in [5, 5.41) is 2.86. The lowest BCUT2D eigenvalue weighted by atomic mass is 9.97. The number of benzene rings is 5. The van der Waals surface area contributed by atoms with Crippen molar-refractivity contribution in [1.29, 1.82) is 0 Å². The molecule has 1 heterocycles. The Morgan fingerprint density at radius 3 is 1.76 bits per heavy atom. The topological polar surface area (TPSA) is 13.1 Å². The van der Waals surface area contributed by atoms with Gasteiger partial charge in [0.25, 0.3) is 0 Å². The molecule has 0 bridgehead atoms. The van der Waals surface area contributed by atoms with Gasteiger partial charge in [-0.3, -0.25) is 0 Å². The second kappa shape index (κ2) is 11.4. The summed E-state index contributed by atoms with van der Waals surface area (Å²) in [5.41, 5.74) is 10.8. The molecule has 0 saturated carbocycles. The minimum atomic E-state index is -2.79. The van der Waals surface area contributed by atoms with Crippen molar-refractivity contribution in [3.05, 3.63) is 198 Å². The molecule has 6 aromatic rings. The quantitative estimate of drug-likeness (QED) is 0.168. The number of hydrogen-bond donors (Lipinski definition) is 0. The maximum Gasteiger partial charge on any atom is 0.140 e. The van der Waals surface area contributed by atoms with Gasteiger partial charge in [-0.25, -0.2) is 0 Å². The smallest absolute Gasteiger partial charge is 0.140 e. The van der Waals surface area contributed by atoms with Crippen LogP contribution >= 0.6 is 0 Å². The zero-order chi connectivity index (χ0) is 30.2. The van der Waals surface area contributed by atoms with Crippen LogP contribution in [0.15, 0.2) is 180 Å². The maximum absolute atomic E-state index is 6.30. The van der Waals surface area contributed by atoms with Crippen molar-refractivity contribution in [2.24, 2.45) is 0 Å². The molecule has 2 aliphatic carbocycles. The van der Waals surface area contributed by atoms with Crippen LogP contribution in [0.5, 0.6) is 0 Å². The van der Waals surface area contributed by atoms with E-state index in [4.69, 9.17) is 4.42 Å². The molecular formula is C43H34OSi. The predicted molar refractivity (Wildman–Crippen MR) is 191 cm³/mol. The lowest BCUT2D eigenvalue weighted by Gasteiger charge is -2.44. The van der Waals surface area contributed by atoms with Gasteiger partial charge in [-0.1, -0.05) is 168 Å². The highest BCUT2D eigenvalue weighted by molar-refractivity contribution is 7.06. The van der Waals surface area contributed by atoms with Gasteiger partial charge in [0.15, 0.2) is 0 Å². The van der Waals surface area contributed by atoms with Crippen LogP contribution in [0.2, 0.25) is 5.54 Å². The van der Waals surface area contributed by atoms with E-state index in [1.807, 2.05) is 12.3 Å². The summed E-state index contributed by atoms with van der Waals surface area (Å²) < 4.78 is 6.30. The standard InChI is InChI=1S/C43H34OSi/c1-31-28-34(32-16-6-2-7-17-32)29-42(31)45(35-20-10-4-11-21-35,36-22-12-5-13-23-36)43-38-25-14-24-37(33-18-8-3-9-19-33)39(38)30-40(43)41-26-15-27-44-41/h2-30,42-43H,1H3. The van der Waals surface area contributed by atoms with Crippen molar-refractivity contribution < 1.29 is 4.42 Å². The minimum Gasteiger partial charge on any atom is -0.465 e. The molecule has 2 atom stereocenters. The molecule has 1 aromatic heterocycles. The van der Waals surface area contributed by atoms with Crippen LogP contribution in [0.3, 0.4) is 0 Å². The first-order valence-electron chi connectivity index (χ1n) is 15.8. The fourth-order valence-electron chi connectivity index (χ4n) is 7.88. The van der Waals surface area contributed by atoms with E-state index in [1.54, 1.807) is 0 Å². The number of furan rings is 1. The van der Waals surface area contributed by atoms with Crippen LogP contribution in [-0.2, 0) is 0 Å². The molecule has 2 aliphatic rings. The van der Waals surface area contributed by atoms with Crippen molar-refractivity contribution in [1.82, 2.24) is 0 Å². The van der Waals surface area contributed by atoms with Gasteiger partial charge in [-0.05, 0) is 58.5 Å². The van der Waals surface area contributed by atoms with E-state index in [0.29, 0.717) is 0 Å². The third-order valence-corrected chi connectivity index (χ3v) is 15.4. The van der Waals surface area contributed by atoms with E-state index < -0.39 is 8.07 Å². The van der Waals surface area contributed by atoms with Gasteiger partial charge in [0.2, 0.25) is 0 Å². The molecule has 45 heavy (non-hydrogen) atoms. The van der Waals surface area contributed by atoms with E-state index in [0.717, 1.165) is 5.76 Å². The Hall–Kier alpha value is -5.18. The first-order valence-corrected chi connectivity index (χ1v) is 17.9. The third-order valence-electron chi connectivity index (χ3n) is 9.73. The molecule has 8 rings (SSSR count). The summed E-state index contributed by atoms with van der Waals surface area (Å²) in [6.45, 7) is 2.34. The maximum atomic E-state index is 6.30. The Kier molecular flexibility index (Phi) is 6.93. The third kappa shape index (κ3) is 4.53. The van der Waals surface area contributed by atoms with Gasteiger partial charge in [-0.15, -0.1) is 0 Å². The average molecular weight is 595 g/mol. The zero-order valence-electron chi connectivity index (χ0n) is 25.3. The summed E-state index contributed by atoms with van der Waals surface area (Å²) in [6, 6.07) is 55.5.